The molecule has 0 saturated carbocycles. The van der Waals surface area contributed by atoms with E-state index in [1.807, 2.05) is 53.6 Å². The van der Waals surface area contributed by atoms with Gasteiger partial charge in [-0.1, -0.05) is 73.3 Å². The van der Waals surface area contributed by atoms with Gasteiger partial charge in [-0.2, -0.15) is 0 Å². The zero-order chi connectivity index (χ0) is 24.4. The summed E-state index contributed by atoms with van der Waals surface area (Å²) >= 11 is 1.50. The SMILES string of the molecule is CCC1=C(C(=O)OC)[C@H](c2ccccc2)N2C(CC(=O)N[C@H]3CCCc4ccccc43)=CSC2=N1. The lowest BCUT2D eigenvalue weighted by molar-refractivity contribution is -0.136. The molecule has 2 heterocycles. The van der Waals surface area contributed by atoms with Crippen molar-refractivity contribution in [3.05, 3.63) is 93.7 Å². The molecule has 2 atom stereocenters. The second-order valence-corrected chi connectivity index (χ2v) is 9.73. The van der Waals surface area contributed by atoms with E-state index in [0.29, 0.717) is 12.0 Å². The molecule has 5 rings (SSSR count). The van der Waals surface area contributed by atoms with Gasteiger partial charge in [0.2, 0.25) is 5.91 Å². The first-order valence-corrected chi connectivity index (χ1v) is 13.0. The molecular weight excluding hydrogens is 458 g/mol. The zero-order valence-electron chi connectivity index (χ0n) is 20.0. The summed E-state index contributed by atoms with van der Waals surface area (Å²) in [7, 11) is 1.40. The Labute approximate surface area is 210 Å². The Morgan fingerprint density at radius 3 is 2.69 bits per heavy atom. The number of carbonyl (C=O) groups is 2. The number of aryl methyl sites for hydroxylation is 1. The van der Waals surface area contributed by atoms with Gasteiger partial charge < -0.3 is 15.0 Å². The van der Waals surface area contributed by atoms with E-state index in [1.54, 1.807) is 0 Å². The van der Waals surface area contributed by atoms with E-state index in [-0.39, 0.29) is 18.4 Å². The van der Waals surface area contributed by atoms with Crippen LogP contribution in [0.25, 0.3) is 0 Å². The van der Waals surface area contributed by atoms with Crippen molar-refractivity contribution >= 4 is 28.8 Å². The highest BCUT2D eigenvalue weighted by Gasteiger charge is 2.41. The molecule has 1 N–H and O–H groups in total. The molecular formula is C28H29N3O3S. The van der Waals surface area contributed by atoms with Gasteiger partial charge in [-0.25, -0.2) is 9.79 Å². The molecule has 1 amide bonds. The summed E-state index contributed by atoms with van der Waals surface area (Å²) in [4.78, 5) is 33.0. The third kappa shape index (κ3) is 4.52. The molecule has 1 aliphatic carbocycles. The molecule has 0 radical (unpaired) electrons. The molecule has 180 valence electrons. The lowest BCUT2D eigenvalue weighted by Crippen LogP contribution is -2.38. The van der Waals surface area contributed by atoms with Gasteiger partial charge >= 0.3 is 5.97 Å². The molecule has 0 saturated heterocycles. The van der Waals surface area contributed by atoms with Crippen molar-refractivity contribution in [2.75, 3.05) is 7.11 Å². The molecule has 0 aromatic heterocycles. The number of allylic oxidation sites excluding steroid dienone is 1. The molecule has 2 aliphatic heterocycles. The van der Waals surface area contributed by atoms with Crippen LogP contribution in [0.5, 0.6) is 0 Å². The number of hydrogen-bond donors (Lipinski definition) is 1. The lowest BCUT2D eigenvalue weighted by Gasteiger charge is -2.36. The van der Waals surface area contributed by atoms with Crippen molar-refractivity contribution in [2.24, 2.45) is 4.99 Å². The van der Waals surface area contributed by atoms with Gasteiger partial charge in [-0.3, -0.25) is 4.79 Å². The summed E-state index contributed by atoms with van der Waals surface area (Å²) in [6, 6.07) is 17.9. The highest BCUT2D eigenvalue weighted by Crippen LogP contribution is 2.45. The van der Waals surface area contributed by atoms with Gasteiger partial charge in [0.15, 0.2) is 5.17 Å². The first kappa shape index (κ1) is 23.4. The van der Waals surface area contributed by atoms with Crippen LogP contribution in [0.4, 0.5) is 0 Å². The highest BCUT2D eigenvalue weighted by molar-refractivity contribution is 8.16. The van der Waals surface area contributed by atoms with Gasteiger partial charge in [0, 0.05) is 5.70 Å². The number of rotatable bonds is 6. The fraction of sp³-hybridized carbons (Fsp3) is 0.321. The average molecular weight is 488 g/mol. The fourth-order valence-electron chi connectivity index (χ4n) is 5.18. The zero-order valence-corrected chi connectivity index (χ0v) is 20.8. The number of hydrogen-bond acceptors (Lipinski definition) is 6. The smallest absolute Gasteiger partial charge is 0.338 e. The number of esters is 1. The average Bonchev–Trinajstić information content (AvgIpc) is 3.29. The van der Waals surface area contributed by atoms with Gasteiger partial charge in [0.05, 0.1) is 36.9 Å². The van der Waals surface area contributed by atoms with Gasteiger partial charge in [0.1, 0.15) is 0 Å². The molecule has 0 spiro atoms. The minimum atomic E-state index is -0.393. The molecule has 6 nitrogen and oxygen atoms in total. The van der Waals surface area contributed by atoms with Crippen LogP contribution < -0.4 is 5.32 Å². The number of carbonyl (C=O) groups excluding carboxylic acids is 2. The van der Waals surface area contributed by atoms with E-state index in [0.717, 1.165) is 41.4 Å². The first-order chi connectivity index (χ1) is 17.1. The lowest BCUT2D eigenvalue weighted by atomic mass is 9.87. The van der Waals surface area contributed by atoms with E-state index < -0.39 is 12.0 Å². The molecule has 35 heavy (non-hydrogen) atoms. The molecule has 0 bridgehead atoms. The number of benzene rings is 2. The summed E-state index contributed by atoms with van der Waals surface area (Å²) in [6.45, 7) is 1.99. The van der Waals surface area contributed by atoms with E-state index in [2.05, 4.69) is 23.5 Å². The maximum Gasteiger partial charge on any atom is 0.338 e. The van der Waals surface area contributed by atoms with Crippen LogP contribution in [0.15, 0.2) is 82.0 Å². The molecule has 0 unspecified atom stereocenters. The predicted octanol–water partition coefficient (Wildman–Crippen LogP) is 5.41. The molecule has 3 aliphatic rings. The molecule has 2 aromatic carbocycles. The molecule has 2 aromatic rings. The minimum absolute atomic E-state index is 0.0266. The largest absolute Gasteiger partial charge is 0.466 e. The third-order valence-corrected chi connectivity index (χ3v) is 7.68. The minimum Gasteiger partial charge on any atom is -0.466 e. The summed E-state index contributed by atoms with van der Waals surface area (Å²) in [5.41, 5.74) is 5.58. The Kier molecular flexibility index (Phi) is 6.77. The second-order valence-electron chi connectivity index (χ2n) is 8.90. The number of amides is 1. The van der Waals surface area contributed by atoms with Crippen LogP contribution in [0, 0.1) is 0 Å². The summed E-state index contributed by atoms with van der Waals surface area (Å²) in [5.74, 6) is -0.422. The number of methoxy groups -OCH3 is 1. The monoisotopic (exact) mass is 487 g/mol. The van der Waals surface area contributed by atoms with Crippen LogP contribution in [0.3, 0.4) is 0 Å². The summed E-state index contributed by atoms with van der Waals surface area (Å²) in [5, 5.41) is 6.03. The van der Waals surface area contributed by atoms with Crippen LogP contribution >= 0.6 is 11.8 Å². The van der Waals surface area contributed by atoms with E-state index in [1.165, 1.54) is 30.0 Å². The number of fused-ring (bicyclic) bond motifs is 2. The van der Waals surface area contributed by atoms with E-state index in [9.17, 15) is 9.59 Å². The maximum atomic E-state index is 13.3. The van der Waals surface area contributed by atoms with E-state index >= 15 is 0 Å². The van der Waals surface area contributed by atoms with Crippen molar-refractivity contribution in [2.45, 2.75) is 51.1 Å². The number of ether oxygens (including phenoxy) is 1. The maximum absolute atomic E-state index is 13.3. The van der Waals surface area contributed by atoms with Crippen molar-refractivity contribution in [3.8, 4) is 0 Å². The normalized spacial score (nSPS) is 21.0. The van der Waals surface area contributed by atoms with Crippen molar-refractivity contribution < 1.29 is 14.3 Å². The number of thioether (sulfide) groups is 1. The Balaban J connectivity index is 1.42. The van der Waals surface area contributed by atoms with Gasteiger partial charge in [-0.05, 0) is 47.8 Å². The second kappa shape index (κ2) is 10.1. The van der Waals surface area contributed by atoms with Crippen LogP contribution in [0.1, 0.15) is 61.4 Å². The topological polar surface area (TPSA) is 71.0 Å². The van der Waals surface area contributed by atoms with Crippen molar-refractivity contribution in [3.63, 3.8) is 0 Å². The van der Waals surface area contributed by atoms with Crippen LogP contribution in [-0.4, -0.2) is 29.1 Å². The Morgan fingerprint density at radius 2 is 1.91 bits per heavy atom. The Bertz CT molecular complexity index is 1240. The predicted molar refractivity (Wildman–Crippen MR) is 138 cm³/mol. The Hall–Kier alpha value is -3.32. The Morgan fingerprint density at radius 1 is 1.14 bits per heavy atom. The highest BCUT2D eigenvalue weighted by atomic mass is 32.2. The van der Waals surface area contributed by atoms with Gasteiger partial charge in [0.25, 0.3) is 0 Å². The number of amidine groups is 1. The van der Waals surface area contributed by atoms with Gasteiger partial charge in [-0.15, -0.1) is 0 Å². The fourth-order valence-corrected chi connectivity index (χ4v) is 6.11. The quantitative estimate of drug-likeness (QED) is 0.552. The number of aliphatic imine (C=N–C) groups is 1. The van der Waals surface area contributed by atoms with Crippen LogP contribution in [0.2, 0.25) is 0 Å². The summed E-state index contributed by atoms with van der Waals surface area (Å²) in [6.07, 6.45) is 3.88. The standard InChI is InChI=1S/C28H29N3O3S/c1-3-22-25(27(33)34-2)26(19-11-5-4-6-12-19)31-20(17-35-28(31)30-22)16-24(32)29-23-15-9-13-18-10-7-8-14-21(18)23/h4-8,10-12,14,17,23,26H,3,9,13,15-16H2,1-2H3,(H,29,32)/t23-,26-/m0/s1. The number of nitrogens with zero attached hydrogens (tertiary/aromatic N) is 2. The van der Waals surface area contributed by atoms with E-state index in [4.69, 9.17) is 9.73 Å². The molecule has 7 heteroatoms. The molecule has 0 fully saturated rings. The van der Waals surface area contributed by atoms with Crippen LogP contribution in [-0.2, 0) is 20.7 Å². The first-order valence-electron chi connectivity index (χ1n) is 12.1. The van der Waals surface area contributed by atoms with Crippen molar-refractivity contribution in [1.82, 2.24) is 10.2 Å². The number of nitrogens with one attached hydrogen (secondary N) is 1. The third-order valence-electron chi connectivity index (χ3n) is 6.79. The summed E-state index contributed by atoms with van der Waals surface area (Å²) < 4.78 is 5.17. The van der Waals surface area contributed by atoms with Crippen molar-refractivity contribution in [1.29, 1.82) is 0 Å².